The number of hydrogen-bond acceptors (Lipinski definition) is 2. The molecule has 0 saturated carbocycles. The van der Waals surface area contributed by atoms with Crippen molar-refractivity contribution in [3.05, 3.63) is 0 Å². The lowest BCUT2D eigenvalue weighted by Gasteiger charge is -2.08. The molecule has 0 aromatic carbocycles. The van der Waals surface area contributed by atoms with Crippen molar-refractivity contribution in [2.24, 2.45) is 5.73 Å². The Bertz CT molecular complexity index is 63.9. The standard InChI is InChI=1S/C7H17NS/c1-3-7(9)5-4-6(2)8/h6-7,9H,3-5,8H2,1-2H3. The third-order valence-electron chi connectivity index (χ3n) is 1.43. The molecule has 0 rings (SSSR count). The average Bonchev–Trinajstić information content (AvgIpc) is 1.83. The zero-order valence-corrected chi connectivity index (χ0v) is 7.20. The van der Waals surface area contributed by atoms with Crippen LogP contribution in [-0.2, 0) is 0 Å². The highest BCUT2D eigenvalue weighted by molar-refractivity contribution is 7.80. The Balaban J connectivity index is 3.06. The molecular formula is C7H17NS. The van der Waals surface area contributed by atoms with Crippen LogP contribution in [0.1, 0.15) is 33.1 Å². The van der Waals surface area contributed by atoms with Gasteiger partial charge in [0.1, 0.15) is 0 Å². The Hall–Kier alpha value is 0.310. The molecule has 56 valence electrons. The van der Waals surface area contributed by atoms with E-state index in [1.165, 1.54) is 0 Å². The van der Waals surface area contributed by atoms with Crippen LogP contribution in [0.15, 0.2) is 0 Å². The molecule has 0 spiro atoms. The number of hydrogen-bond donors (Lipinski definition) is 2. The van der Waals surface area contributed by atoms with Crippen molar-refractivity contribution in [1.29, 1.82) is 0 Å². The summed E-state index contributed by atoms with van der Waals surface area (Å²) in [5.74, 6) is 0. The molecule has 0 amide bonds. The minimum absolute atomic E-state index is 0.339. The highest BCUT2D eigenvalue weighted by atomic mass is 32.1. The van der Waals surface area contributed by atoms with Gasteiger partial charge in [0.2, 0.25) is 0 Å². The van der Waals surface area contributed by atoms with E-state index in [4.69, 9.17) is 5.73 Å². The smallest absolute Gasteiger partial charge is 0.00147 e. The second-order valence-corrected chi connectivity index (χ2v) is 3.35. The Kier molecular flexibility index (Phi) is 5.30. The van der Waals surface area contributed by atoms with E-state index in [-0.39, 0.29) is 0 Å². The van der Waals surface area contributed by atoms with Crippen molar-refractivity contribution in [1.82, 2.24) is 0 Å². The molecule has 0 bridgehead atoms. The van der Waals surface area contributed by atoms with Crippen LogP contribution < -0.4 is 5.73 Å². The topological polar surface area (TPSA) is 26.0 Å². The zero-order chi connectivity index (χ0) is 7.28. The van der Waals surface area contributed by atoms with Gasteiger partial charge in [-0.1, -0.05) is 6.92 Å². The second-order valence-electron chi connectivity index (χ2n) is 2.62. The van der Waals surface area contributed by atoms with Gasteiger partial charge in [-0.05, 0) is 26.2 Å². The largest absolute Gasteiger partial charge is 0.328 e. The molecule has 0 saturated heterocycles. The lowest BCUT2D eigenvalue weighted by Crippen LogP contribution is -2.16. The maximum atomic E-state index is 5.56. The van der Waals surface area contributed by atoms with Crippen LogP contribution in [-0.4, -0.2) is 11.3 Å². The van der Waals surface area contributed by atoms with Gasteiger partial charge < -0.3 is 5.73 Å². The first kappa shape index (κ1) is 9.31. The van der Waals surface area contributed by atoms with Crippen LogP contribution in [0.4, 0.5) is 0 Å². The first-order valence-electron chi connectivity index (χ1n) is 3.60. The van der Waals surface area contributed by atoms with Crippen molar-refractivity contribution >= 4 is 12.6 Å². The maximum Gasteiger partial charge on any atom is 0.00147 e. The summed E-state index contributed by atoms with van der Waals surface area (Å²) in [6.45, 7) is 4.19. The third-order valence-corrected chi connectivity index (χ3v) is 2.05. The van der Waals surface area contributed by atoms with Crippen LogP contribution in [0.2, 0.25) is 0 Å². The van der Waals surface area contributed by atoms with Gasteiger partial charge in [-0.2, -0.15) is 12.6 Å². The summed E-state index contributed by atoms with van der Waals surface area (Å²) >= 11 is 4.35. The molecular weight excluding hydrogens is 130 g/mol. The van der Waals surface area contributed by atoms with E-state index in [1.54, 1.807) is 0 Å². The number of nitrogens with two attached hydrogens (primary N) is 1. The summed E-state index contributed by atoms with van der Waals surface area (Å²) in [5.41, 5.74) is 5.56. The number of rotatable bonds is 4. The van der Waals surface area contributed by atoms with Crippen molar-refractivity contribution in [3.63, 3.8) is 0 Å². The molecule has 2 heteroatoms. The van der Waals surface area contributed by atoms with Gasteiger partial charge in [-0.3, -0.25) is 0 Å². The Morgan fingerprint density at radius 2 is 2.00 bits per heavy atom. The van der Waals surface area contributed by atoms with Gasteiger partial charge in [0.25, 0.3) is 0 Å². The Morgan fingerprint density at radius 3 is 2.33 bits per heavy atom. The Morgan fingerprint density at radius 1 is 1.44 bits per heavy atom. The van der Waals surface area contributed by atoms with E-state index >= 15 is 0 Å². The van der Waals surface area contributed by atoms with E-state index < -0.39 is 0 Å². The molecule has 0 aliphatic carbocycles. The van der Waals surface area contributed by atoms with Gasteiger partial charge in [-0.15, -0.1) is 0 Å². The minimum Gasteiger partial charge on any atom is -0.328 e. The van der Waals surface area contributed by atoms with Gasteiger partial charge in [0.05, 0.1) is 0 Å². The Labute approximate surface area is 63.4 Å². The first-order valence-corrected chi connectivity index (χ1v) is 4.12. The lowest BCUT2D eigenvalue weighted by molar-refractivity contribution is 0.603. The molecule has 0 aromatic rings. The highest BCUT2D eigenvalue weighted by Crippen LogP contribution is 2.08. The van der Waals surface area contributed by atoms with E-state index in [0.29, 0.717) is 11.3 Å². The van der Waals surface area contributed by atoms with Crippen LogP contribution in [0.25, 0.3) is 0 Å². The molecule has 0 aromatic heterocycles. The minimum atomic E-state index is 0.339. The SMILES string of the molecule is CCC(S)CCC(C)N. The fourth-order valence-corrected chi connectivity index (χ4v) is 0.808. The molecule has 1 nitrogen and oxygen atoms in total. The monoisotopic (exact) mass is 147 g/mol. The van der Waals surface area contributed by atoms with E-state index in [9.17, 15) is 0 Å². The van der Waals surface area contributed by atoms with Crippen LogP contribution >= 0.6 is 12.6 Å². The predicted molar refractivity (Wildman–Crippen MR) is 45.9 cm³/mol. The van der Waals surface area contributed by atoms with E-state index in [0.717, 1.165) is 19.3 Å². The van der Waals surface area contributed by atoms with E-state index in [1.807, 2.05) is 6.92 Å². The summed E-state index contributed by atoms with van der Waals surface area (Å²) in [4.78, 5) is 0. The molecule has 2 unspecified atom stereocenters. The summed E-state index contributed by atoms with van der Waals surface area (Å²) < 4.78 is 0. The van der Waals surface area contributed by atoms with Crippen molar-refractivity contribution in [2.75, 3.05) is 0 Å². The third kappa shape index (κ3) is 6.19. The zero-order valence-electron chi connectivity index (χ0n) is 6.30. The molecule has 0 fully saturated rings. The fraction of sp³-hybridized carbons (Fsp3) is 1.00. The fourth-order valence-electron chi connectivity index (χ4n) is 0.659. The van der Waals surface area contributed by atoms with Gasteiger partial charge in [0, 0.05) is 11.3 Å². The van der Waals surface area contributed by atoms with Crippen LogP contribution in [0, 0.1) is 0 Å². The predicted octanol–water partition coefficient (Wildman–Crippen LogP) is 1.82. The van der Waals surface area contributed by atoms with Crippen molar-refractivity contribution < 1.29 is 0 Å². The highest BCUT2D eigenvalue weighted by Gasteiger charge is 2.00. The molecule has 0 aliphatic rings. The van der Waals surface area contributed by atoms with Crippen molar-refractivity contribution in [3.8, 4) is 0 Å². The maximum absolute atomic E-state index is 5.56. The second kappa shape index (κ2) is 5.12. The van der Waals surface area contributed by atoms with Gasteiger partial charge >= 0.3 is 0 Å². The molecule has 2 atom stereocenters. The summed E-state index contributed by atoms with van der Waals surface area (Å²) in [5, 5.41) is 0.552. The van der Waals surface area contributed by atoms with Gasteiger partial charge in [0.15, 0.2) is 0 Å². The van der Waals surface area contributed by atoms with Crippen LogP contribution in [0.5, 0.6) is 0 Å². The quantitative estimate of drug-likeness (QED) is 0.583. The van der Waals surface area contributed by atoms with E-state index in [2.05, 4.69) is 19.6 Å². The molecule has 0 heterocycles. The normalized spacial score (nSPS) is 17.3. The number of thiol groups is 1. The first-order chi connectivity index (χ1) is 4.16. The van der Waals surface area contributed by atoms with Gasteiger partial charge in [-0.25, -0.2) is 0 Å². The molecule has 9 heavy (non-hydrogen) atoms. The summed E-state index contributed by atoms with van der Waals surface area (Å²) in [6.07, 6.45) is 3.40. The summed E-state index contributed by atoms with van der Waals surface area (Å²) in [7, 11) is 0. The average molecular weight is 147 g/mol. The van der Waals surface area contributed by atoms with Crippen LogP contribution in [0.3, 0.4) is 0 Å². The summed E-state index contributed by atoms with van der Waals surface area (Å²) in [6, 6.07) is 0.339. The molecule has 0 radical (unpaired) electrons. The molecule has 0 aliphatic heterocycles. The lowest BCUT2D eigenvalue weighted by atomic mass is 10.1. The molecule has 2 N–H and O–H groups in total. The van der Waals surface area contributed by atoms with Crippen molar-refractivity contribution in [2.45, 2.75) is 44.4 Å².